The van der Waals surface area contributed by atoms with Crippen LogP contribution in [0.4, 0.5) is 5.69 Å². The highest BCUT2D eigenvalue weighted by Gasteiger charge is 2.14. The largest absolute Gasteiger partial charge is 0.478 e. The smallest absolute Gasteiger partial charge is 0.331 e. The van der Waals surface area contributed by atoms with Gasteiger partial charge < -0.3 is 16.2 Å². The van der Waals surface area contributed by atoms with E-state index in [4.69, 9.17) is 16.2 Å². The number of benzene rings is 3. The Bertz CT molecular complexity index is 1160. The average Bonchev–Trinajstić information content (AvgIpc) is 2.79. The molecular formula is C27H26N2O2. The number of nitrogen functional groups attached to an aromatic ring is 1. The molecule has 156 valence electrons. The Balaban J connectivity index is 2.22. The average molecular weight is 411 g/mol. The molecule has 3 aromatic rings. The maximum Gasteiger partial charge on any atom is 0.331 e. The standard InChI is InChI=1S/C27H26N2O2/c1-3-24(20-7-5-4-6-8-20)26(22-13-14-25(29)23(16-22)17-28)21-11-9-19(10-12-21)15-18(2)27(30)31/h4-17,28H,3,29H2,1-2H3,(H,30,31)/b18-15+,26-24+,28-17?. The molecule has 0 bridgehead atoms. The van der Waals surface area contributed by atoms with Crippen LogP contribution in [0, 0.1) is 5.41 Å². The van der Waals surface area contributed by atoms with Gasteiger partial charge in [0.1, 0.15) is 0 Å². The predicted molar refractivity (Wildman–Crippen MR) is 129 cm³/mol. The molecule has 0 radical (unpaired) electrons. The van der Waals surface area contributed by atoms with Crippen LogP contribution >= 0.6 is 0 Å². The van der Waals surface area contributed by atoms with E-state index in [0.717, 1.165) is 34.2 Å². The predicted octanol–water partition coefficient (Wildman–Crippen LogP) is 6.12. The van der Waals surface area contributed by atoms with Crippen molar-refractivity contribution in [3.05, 3.63) is 106 Å². The van der Waals surface area contributed by atoms with Gasteiger partial charge in [0.25, 0.3) is 0 Å². The number of nitrogens with two attached hydrogens (primary N) is 1. The monoisotopic (exact) mass is 410 g/mol. The van der Waals surface area contributed by atoms with Crippen LogP contribution in [0.15, 0.2) is 78.4 Å². The molecule has 0 saturated carbocycles. The maximum absolute atomic E-state index is 11.1. The van der Waals surface area contributed by atoms with Crippen LogP contribution < -0.4 is 5.73 Å². The molecule has 3 aromatic carbocycles. The topological polar surface area (TPSA) is 87.2 Å². The number of hydrogen-bond donors (Lipinski definition) is 3. The number of carboxylic acids is 1. The molecule has 3 rings (SSSR count). The van der Waals surface area contributed by atoms with Crippen molar-refractivity contribution < 1.29 is 9.90 Å². The summed E-state index contributed by atoms with van der Waals surface area (Å²) in [5.41, 5.74) is 13.8. The third-order valence-electron chi connectivity index (χ3n) is 5.23. The molecule has 0 aliphatic rings. The first-order chi connectivity index (χ1) is 14.9. The van der Waals surface area contributed by atoms with Crippen molar-refractivity contribution in [1.82, 2.24) is 0 Å². The van der Waals surface area contributed by atoms with E-state index in [1.165, 1.54) is 11.8 Å². The summed E-state index contributed by atoms with van der Waals surface area (Å²) in [6.07, 6.45) is 3.75. The van der Waals surface area contributed by atoms with E-state index in [1.807, 2.05) is 60.7 Å². The Morgan fingerprint density at radius 1 is 0.968 bits per heavy atom. The molecule has 4 heteroatoms. The maximum atomic E-state index is 11.1. The van der Waals surface area contributed by atoms with Gasteiger partial charge in [-0.15, -0.1) is 0 Å². The number of nitrogens with one attached hydrogen (secondary N) is 1. The van der Waals surface area contributed by atoms with Gasteiger partial charge in [-0.25, -0.2) is 4.79 Å². The fourth-order valence-corrected chi connectivity index (χ4v) is 3.59. The van der Waals surface area contributed by atoms with Crippen LogP contribution in [0.25, 0.3) is 17.2 Å². The zero-order valence-corrected chi connectivity index (χ0v) is 17.7. The number of rotatable bonds is 7. The van der Waals surface area contributed by atoms with E-state index < -0.39 is 5.97 Å². The van der Waals surface area contributed by atoms with Crippen molar-refractivity contribution in [3.8, 4) is 0 Å². The summed E-state index contributed by atoms with van der Waals surface area (Å²) in [5, 5.41) is 16.8. The lowest BCUT2D eigenvalue weighted by molar-refractivity contribution is -0.132. The lowest BCUT2D eigenvalue weighted by Crippen LogP contribution is -1.99. The summed E-state index contributed by atoms with van der Waals surface area (Å²) in [6, 6.07) is 23.9. The zero-order valence-electron chi connectivity index (χ0n) is 17.7. The molecule has 4 nitrogen and oxygen atoms in total. The van der Waals surface area contributed by atoms with Crippen LogP contribution in [0.1, 0.15) is 48.1 Å². The van der Waals surface area contributed by atoms with Crippen molar-refractivity contribution in [2.24, 2.45) is 0 Å². The van der Waals surface area contributed by atoms with E-state index >= 15 is 0 Å². The van der Waals surface area contributed by atoms with Crippen molar-refractivity contribution in [1.29, 1.82) is 5.41 Å². The van der Waals surface area contributed by atoms with E-state index in [0.29, 0.717) is 11.3 Å². The van der Waals surface area contributed by atoms with Crippen molar-refractivity contribution in [2.45, 2.75) is 20.3 Å². The van der Waals surface area contributed by atoms with Gasteiger partial charge in [-0.1, -0.05) is 67.6 Å². The van der Waals surface area contributed by atoms with E-state index in [2.05, 4.69) is 19.1 Å². The van der Waals surface area contributed by atoms with Crippen LogP contribution in [-0.4, -0.2) is 17.3 Å². The van der Waals surface area contributed by atoms with E-state index in [-0.39, 0.29) is 5.57 Å². The van der Waals surface area contributed by atoms with Crippen LogP contribution in [0.2, 0.25) is 0 Å². The van der Waals surface area contributed by atoms with Crippen molar-refractivity contribution in [3.63, 3.8) is 0 Å². The molecule has 0 saturated heterocycles. The van der Waals surface area contributed by atoms with Gasteiger partial charge in [0.15, 0.2) is 0 Å². The number of aliphatic carboxylic acids is 1. The molecule has 4 N–H and O–H groups in total. The second-order valence-corrected chi connectivity index (χ2v) is 7.32. The first-order valence-electron chi connectivity index (χ1n) is 10.2. The summed E-state index contributed by atoms with van der Waals surface area (Å²) in [5.74, 6) is -0.928. The highest BCUT2D eigenvalue weighted by Crippen LogP contribution is 2.35. The van der Waals surface area contributed by atoms with Crippen LogP contribution in [0.5, 0.6) is 0 Å². The molecule has 0 aromatic heterocycles. The van der Waals surface area contributed by atoms with Crippen LogP contribution in [-0.2, 0) is 4.79 Å². The Labute approximate surface area is 182 Å². The number of allylic oxidation sites excluding steroid dienone is 1. The van der Waals surface area contributed by atoms with Gasteiger partial charge in [-0.3, -0.25) is 0 Å². The van der Waals surface area contributed by atoms with Gasteiger partial charge in [0.05, 0.1) is 0 Å². The molecule has 0 spiro atoms. The third-order valence-corrected chi connectivity index (χ3v) is 5.23. The number of carbonyl (C=O) groups is 1. The summed E-state index contributed by atoms with van der Waals surface area (Å²) in [6.45, 7) is 3.71. The van der Waals surface area contributed by atoms with Crippen LogP contribution in [0.3, 0.4) is 0 Å². The van der Waals surface area contributed by atoms with Crippen molar-refractivity contribution in [2.75, 3.05) is 5.73 Å². The summed E-state index contributed by atoms with van der Waals surface area (Å²) in [7, 11) is 0. The van der Waals surface area contributed by atoms with Gasteiger partial charge in [-0.2, -0.15) is 0 Å². The minimum absolute atomic E-state index is 0.288. The van der Waals surface area contributed by atoms with Gasteiger partial charge in [0.2, 0.25) is 0 Å². The van der Waals surface area contributed by atoms with Gasteiger partial charge >= 0.3 is 5.97 Å². The molecule has 0 aliphatic heterocycles. The lowest BCUT2D eigenvalue weighted by atomic mass is 9.87. The second kappa shape index (κ2) is 9.72. The third kappa shape index (κ3) is 4.98. The highest BCUT2D eigenvalue weighted by atomic mass is 16.4. The first-order valence-corrected chi connectivity index (χ1v) is 10.2. The molecule has 0 atom stereocenters. The Morgan fingerprint density at radius 2 is 1.61 bits per heavy atom. The van der Waals surface area contributed by atoms with Crippen molar-refractivity contribution >= 4 is 35.1 Å². The first kappa shape index (κ1) is 21.8. The fraction of sp³-hybridized carbons (Fsp3) is 0.111. The molecule has 0 fully saturated rings. The Kier molecular flexibility index (Phi) is 6.83. The number of anilines is 1. The lowest BCUT2D eigenvalue weighted by Gasteiger charge is -2.17. The Hall–Kier alpha value is -3.92. The van der Waals surface area contributed by atoms with E-state index in [9.17, 15) is 4.79 Å². The second-order valence-electron chi connectivity index (χ2n) is 7.32. The SMILES string of the molecule is CC/C(=C(/c1ccc(/C=C(\C)C(=O)O)cc1)c1ccc(N)c(C=N)c1)c1ccccc1. The highest BCUT2D eigenvalue weighted by molar-refractivity contribution is 6.00. The fourth-order valence-electron chi connectivity index (χ4n) is 3.59. The van der Waals surface area contributed by atoms with Gasteiger partial charge in [-0.05, 0) is 65.0 Å². The quantitative estimate of drug-likeness (QED) is 0.190. The number of carboxylic acid groups (broad SMARTS) is 1. The summed E-state index contributed by atoms with van der Waals surface area (Å²) < 4.78 is 0. The minimum atomic E-state index is -0.928. The summed E-state index contributed by atoms with van der Waals surface area (Å²) in [4.78, 5) is 11.1. The normalized spacial score (nSPS) is 12.3. The van der Waals surface area contributed by atoms with E-state index in [1.54, 1.807) is 13.0 Å². The molecule has 0 unspecified atom stereocenters. The number of hydrogen-bond acceptors (Lipinski definition) is 3. The zero-order chi connectivity index (χ0) is 22.4. The molecule has 0 heterocycles. The van der Waals surface area contributed by atoms with Gasteiger partial charge in [0, 0.05) is 23.0 Å². The molecule has 0 aliphatic carbocycles. The molecule has 0 amide bonds. The molecule has 31 heavy (non-hydrogen) atoms. The minimum Gasteiger partial charge on any atom is -0.478 e. The summed E-state index contributed by atoms with van der Waals surface area (Å²) >= 11 is 0. The molecular weight excluding hydrogens is 384 g/mol. The Morgan fingerprint density at radius 3 is 2.19 bits per heavy atom.